The van der Waals surface area contributed by atoms with E-state index in [0.29, 0.717) is 12.3 Å². The number of amides is 1. The molecule has 3 heterocycles. The number of carbonyl (C=O) groups excluding carboxylic acids is 1. The molecule has 0 aliphatic carbocycles. The van der Waals surface area contributed by atoms with Crippen LogP contribution in [0.2, 0.25) is 0 Å². The van der Waals surface area contributed by atoms with E-state index in [1.165, 1.54) is 0 Å². The average Bonchev–Trinajstić information content (AvgIpc) is 3.23. The van der Waals surface area contributed by atoms with Crippen molar-refractivity contribution in [3.63, 3.8) is 0 Å². The maximum absolute atomic E-state index is 12.6. The molecule has 0 bridgehead atoms. The van der Waals surface area contributed by atoms with Crippen molar-refractivity contribution in [1.82, 2.24) is 19.4 Å². The number of hydrogen-bond acceptors (Lipinski definition) is 4. The highest BCUT2D eigenvalue weighted by atomic mass is 16.5. The molecular formula is C17H28N4O2. The van der Waals surface area contributed by atoms with E-state index in [4.69, 9.17) is 4.74 Å². The minimum Gasteiger partial charge on any atom is -0.381 e. The quantitative estimate of drug-likeness (QED) is 0.824. The van der Waals surface area contributed by atoms with Crippen molar-refractivity contribution in [2.24, 2.45) is 13.0 Å². The number of nitrogens with zero attached hydrogens (tertiary/aromatic N) is 4. The molecule has 2 saturated heterocycles. The van der Waals surface area contributed by atoms with Gasteiger partial charge in [-0.15, -0.1) is 0 Å². The van der Waals surface area contributed by atoms with Gasteiger partial charge in [0.05, 0.1) is 6.04 Å². The lowest BCUT2D eigenvalue weighted by atomic mass is 10.0. The molecule has 2 atom stereocenters. The number of aryl methyl sites for hydroxylation is 1. The first-order chi connectivity index (χ1) is 11.2. The first-order valence-corrected chi connectivity index (χ1v) is 8.75. The Bertz CT molecular complexity index is 524. The highest BCUT2D eigenvalue weighted by Crippen LogP contribution is 2.25. The lowest BCUT2D eigenvalue weighted by Gasteiger charge is -2.40. The number of hydrogen-bond donors (Lipinski definition) is 0. The Morgan fingerprint density at radius 2 is 2.30 bits per heavy atom. The summed E-state index contributed by atoms with van der Waals surface area (Å²) in [6.45, 7) is 7.34. The number of carbonyl (C=O) groups is 1. The predicted molar refractivity (Wildman–Crippen MR) is 87.9 cm³/mol. The standard InChI is InChI=1S/C17H28N4O2/c1-3-20-9-10-21(12-15(20)17-18-7-8-19(17)2)16(22)5-4-14-6-11-23-13-14/h7-8,14-15H,3-6,9-13H2,1-2H3. The Hall–Kier alpha value is -1.40. The van der Waals surface area contributed by atoms with Crippen LogP contribution < -0.4 is 0 Å². The van der Waals surface area contributed by atoms with Crippen LogP contribution in [0.5, 0.6) is 0 Å². The molecular weight excluding hydrogens is 292 g/mol. The molecule has 0 spiro atoms. The van der Waals surface area contributed by atoms with Crippen LogP contribution >= 0.6 is 0 Å². The van der Waals surface area contributed by atoms with Gasteiger partial charge in [-0.3, -0.25) is 9.69 Å². The molecule has 23 heavy (non-hydrogen) atoms. The van der Waals surface area contributed by atoms with Crippen molar-refractivity contribution >= 4 is 5.91 Å². The van der Waals surface area contributed by atoms with Crippen molar-refractivity contribution in [2.75, 3.05) is 39.4 Å². The van der Waals surface area contributed by atoms with E-state index in [2.05, 4.69) is 21.4 Å². The lowest BCUT2D eigenvalue weighted by Crippen LogP contribution is -2.50. The zero-order valence-electron chi connectivity index (χ0n) is 14.3. The molecule has 0 radical (unpaired) electrons. The lowest BCUT2D eigenvalue weighted by molar-refractivity contribution is -0.134. The van der Waals surface area contributed by atoms with E-state index < -0.39 is 0 Å². The largest absolute Gasteiger partial charge is 0.381 e. The van der Waals surface area contributed by atoms with Crippen LogP contribution in [-0.4, -0.2) is 64.7 Å². The molecule has 1 aromatic heterocycles. The van der Waals surface area contributed by atoms with Gasteiger partial charge in [0, 0.05) is 58.7 Å². The summed E-state index contributed by atoms with van der Waals surface area (Å²) in [5.74, 6) is 1.90. The molecule has 3 rings (SSSR count). The van der Waals surface area contributed by atoms with Crippen LogP contribution in [0.4, 0.5) is 0 Å². The summed E-state index contributed by atoms with van der Waals surface area (Å²) < 4.78 is 7.47. The normalized spacial score (nSPS) is 25.9. The molecule has 6 heteroatoms. The maximum Gasteiger partial charge on any atom is 0.222 e. The van der Waals surface area contributed by atoms with Gasteiger partial charge in [-0.05, 0) is 25.3 Å². The molecule has 0 aromatic carbocycles. The summed E-state index contributed by atoms with van der Waals surface area (Å²) in [5.41, 5.74) is 0. The molecule has 2 fully saturated rings. The number of likely N-dealkylation sites (N-methyl/N-ethyl adjacent to an activating group) is 1. The number of aromatic nitrogens is 2. The fourth-order valence-electron chi connectivity index (χ4n) is 3.67. The van der Waals surface area contributed by atoms with Gasteiger partial charge in [0.1, 0.15) is 5.82 Å². The number of imidazole rings is 1. The van der Waals surface area contributed by atoms with Crippen molar-refractivity contribution in [3.05, 3.63) is 18.2 Å². The Kier molecular flexibility index (Phi) is 5.33. The van der Waals surface area contributed by atoms with E-state index in [1.54, 1.807) is 0 Å². The monoisotopic (exact) mass is 320 g/mol. The molecule has 2 unspecified atom stereocenters. The second-order valence-electron chi connectivity index (χ2n) is 6.65. The van der Waals surface area contributed by atoms with E-state index in [0.717, 1.165) is 58.1 Å². The molecule has 6 nitrogen and oxygen atoms in total. The minimum absolute atomic E-state index is 0.201. The van der Waals surface area contributed by atoms with Gasteiger partial charge in [-0.25, -0.2) is 4.98 Å². The Morgan fingerprint density at radius 1 is 1.43 bits per heavy atom. The first kappa shape index (κ1) is 16.5. The average molecular weight is 320 g/mol. The summed E-state index contributed by atoms with van der Waals surface area (Å²) in [4.78, 5) is 21.5. The third-order valence-corrected chi connectivity index (χ3v) is 5.20. The zero-order chi connectivity index (χ0) is 16.2. The summed E-state index contributed by atoms with van der Waals surface area (Å²) in [6, 6.07) is 0.201. The molecule has 0 N–H and O–H groups in total. The minimum atomic E-state index is 0.201. The van der Waals surface area contributed by atoms with Crippen LogP contribution in [0, 0.1) is 5.92 Å². The maximum atomic E-state index is 12.6. The predicted octanol–water partition coefficient (Wildman–Crippen LogP) is 1.44. The summed E-state index contributed by atoms with van der Waals surface area (Å²) in [5, 5.41) is 0. The van der Waals surface area contributed by atoms with E-state index in [-0.39, 0.29) is 11.9 Å². The number of piperazine rings is 1. The highest BCUT2D eigenvalue weighted by Gasteiger charge is 2.32. The fourth-order valence-corrected chi connectivity index (χ4v) is 3.67. The van der Waals surface area contributed by atoms with E-state index in [1.807, 2.05) is 24.3 Å². The smallest absolute Gasteiger partial charge is 0.222 e. The summed E-state index contributed by atoms with van der Waals surface area (Å²) >= 11 is 0. The Balaban J connectivity index is 1.60. The van der Waals surface area contributed by atoms with Crippen molar-refractivity contribution in [2.45, 2.75) is 32.2 Å². The van der Waals surface area contributed by atoms with Crippen LogP contribution in [-0.2, 0) is 16.6 Å². The van der Waals surface area contributed by atoms with Crippen LogP contribution in [0.25, 0.3) is 0 Å². The zero-order valence-corrected chi connectivity index (χ0v) is 14.3. The van der Waals surface area contributed by atoms with Crippen LogP contribution in [0.15, 0.2) is 12.4 Å². The summed E-state index contributed by atoms with van der Waals surface area (Å²) in [6.07, 6.45) is 6.52. The molecule has 2 aliphatic rings. The van der Waals surface area contributed by atoms with Crippen LogP contribution in [0.1, 0.15) is 38.1 Å². The SMILES string of the molecule is CCN1CCN(C(=O)CCC2CCOC2)CC1c1nccn1C. The Labute approximate surface area is 138 Å². The van der Waals surface area contributed by atoms with Crippen molar-refractivity contribution < 1.29 is 9.53 Å². The van der Waals surface area contributed by atoms with Gasteiger partial charge in [0.15, 0.2) is 0 Å². The molecule has 0 saturated carbocycles. The first-order valence-electron chi connectivity index (χ1n) is 8.75. The molecule has 1 amide bonds. The van der Waals surface area contributed by atoms with Gasteiger partial charge in [0.25, 0.3) is 0 Å². The molecule has 128 valence electrons. The fraction of sp³-hybridized carbons (Fsp3) is 0.765. The third-order valence-electron chi connectivity index (χ3n) is 5.20. The van der Waals surface area contributed by atoms with Crippen molar-refractivity contribution in [1.29, 1.82) is 0 Å². The number of rotatable bonds is 5. The third kappa shape index (κ3) is 3.75. The highest BCUT2D eigenvalue weighted by molar-refractivity contribution is 5.76. The van der Waals surface area contributed by atoms with Crippen molar-refractivity contribution in [3.8, 4) is 0 Å². The van der Waals surface area contributed by atoms with E-state index in [9.17, 15) is 4.79 Å². The van der Waals surface area contributed by atoms with Gasteiger partial charge in [-0.2, -0.15) is 0 Å². The van der Waals surface area contributed by atoms with E-state index >= 15 is 0 Å². The second kappa shape index (κ2) is 7.45. The topological polar surface area (TPSA) is 50.6 Å². The van der Waals surface area contributed by atoms with Gasteiger partial charge in [-0.1, -0.05) is 6.92 Å². The second-order valence-corrected chi connectivity index (χ2v) is 6.65. The molecule has 1 aromatic rings. The summed E-state index contributed by atoms with van der Waals surface area (Å²) in [7, 11) is 2.02. The van der Waals surface area contributed by atoms with Gasteiger partial charge >= 0.3 is 0 Å². The van der Waals surface area contributed by atoms with Crippen LogP contribution in [0.3, 0.4) is 0 Å². The molecule has 2 aliphatic heterocycles. The number of ether oxygens (including phenoxy) is 1. The Morgan fingerprint density at radius 3 is 2.96 bits per heavy atom. The van der Waals surface area contributed by atoms with Gasteiger partial charge in [0.2, 0.25) is 5.91 Å². The van der Waals surface area contributed by atoms with Gasteiger partial charge < -0.3 is 14.2 Å².